The molecule has 0 amide bonds. The number of hydrogen-bond donors (Lipinski definition) is 3. The number of benzene rings is 3. The fraction of sp³-hybridized carbons (Fsp3) is 0.0588. The van der Waals surface area contributed by atoms with Crippen LogP contribution in [0.25, 0.3) is 10.8 Å². The molecule has 0 radical (unpaired) electrons. The summed E-state index contributed by atoms with van der Waals surface area (Å²) in [5, 5.41) is 28.5. The third-order valence-corrected chi connectivity index (χ3v) is 4.52. The summed E-state index contributed by atoms with van der Waals surface area (Å²) in [6.07, 6.45) is 0. The van der Waals surface area contributed by atoms with Gasteiger partial charge in [-0.25, -0.2) is 0 Å². The highest BCUT2D eigenvalue weighted by molar-refractivity contribution is 7.85. The average molecular weight is 374 g/mol. The van der Waals surface area contributed by atoms with Crippen molar-refractivity contribution in [3.8, 4) is 17.2 Å². The molecule has 0 spiro atoms. The number of rotatable bonds is 4. The normalized spacial score (nSPS) is 11.9. The number of ether oxygens (including phenoxy) is 1. The molecule has 0 saturated carbocycles. The van der Waals surface area contributed by atoms with E-state index < -0.39 is 10.1 Å². The first-order valence-corrected chi connectivity index (χ1v) is 8.75. The minimum Gasteiger partial charge on any atom is -0.507 e. The maximum atomic E-state index is 11.3. The summed E-state index contributed by atoms with van der Waals surface area (Å²) in [5.74, 6) is -0.0297. The highest BCUT2D eigenvalue weighted by Gasteiger charge is 2.16. The molecular formula is C17H14N2O6S. The minimum atomic E-state index is -4.44. The molecule has 134 valence electrons. The second-order valence-corrected chi connectivity index (χ2v) is 6.77. The molecule has 0 unspecified atom stereocenters. The van der Waals surface area contributed by atoms with Crippen LogP contribution in [0.3, 0.4) is 0 Å². The fourth-order valence-corrected chi connectivity index (χ4v) is 2.88. The van der Waals surface area contributed by atoms with Gasteiger partial charge in [-0.2, -0.15) is 13.5 Å². The van der Waals surface area contributed by atoms with E-state index in [1.165, 1.54) is 13.2 Å². The molecule has 8 nitrogen and oxygen atoms in total. The molecule has 0 saturated heterocycles. The highest BCUT2D eigenvalue weighted by Crippen LogP contribution is 2.41. The Labute approximate surface area is 148 Å². The van der Waals surface area contributed by atoms with Gasteiger partial charge in [0.15, 0.2) is 0 Å². The molecule has 0 heterocycles. The summed E-state index contributed by atoms with van der Waals surface area (Å²) >= 11 is 0. The predicted octanol–water partition coefficient (Wildman–Crippen LogP) is 3.92. The fourth-order valence-electron chi connectivity index (χ4n) is 2.38. The smallest absolute Gasteiger partial charge is 0.294 e. The Bertz CT molecular complexity index is 1110. The molecule has 0 fully saturated rings. The van der Waals surface area contributed by atoms with Gasteiger partial charge in [0.2, 0.25) is 0 Å². The third-order valence-electron chi connectivity index (χ3n) is 3.67. The van der Waals surface area contributed by atoms with E-state index in [2.05, 4.69) is 10.2 Å². The summed E-state index contributed by atoms with van der Waals surface area (Å²) in [7, 11) is -2.90. The van der Waals surface area contributed by atoms with Crippen LogP contribution in [0.5, 0.6) is 17.2 Å². The first-order chi connectivity index (χ1) is 12.3. The largest absolute Gasteiger partial charge is 0.507 e. The first-order valence-electron chi connectivity index (χ1n) is 7.31. The SMILES string of the molecule is COc1ccc(N=Nc2c(O)cc(O)c3cc(S(=O)(=O)O)ccc23)cc1. The Morgan fingerprint density at radius 2 is 1.58 bits per heavy atom. The van der Waals surface area contributed by atoms with Crippen LogP contribution >= 0.6 is 0 Å². The van der Waals surface area contributed by atoms with Gasteiger partial charge >= 0.3 is 0 Å². The maximum Gasteiger partial charge on any atom is 0.294 e. The number of phenolic OH excluding ortho intramolecular Hbond substituents is 2. The second kappa shape index (κ2) is 6.62. The van der Waals surface area contributed by atoms with E-state index in [-0.39, 0.29) is 32.9 Å². The van der Waals surface area contributed by atoms with Crippen molar-refractivity contribution in [3.05, 3.63) is 48.5 Å². The third kappa shape index (κ3) is 3.44. The van der Waals surface area contributed by atoms with Gasteiger partial charge < -0.3 is 14.9 Å². The number of phenols is 2. The van der Waals surface area contributed by atoms with Crippen LogP contribution in [0.1, 0.15) is 0 Å². The number of hydrogen-bond acceptors (Lipinski definition) is 7. The van der Waals surface area contributed by atoms with Crippen molar-refractivity contribution in [1.29, 1.82) is 0 Å². The van der Waals surface area contributed by atoms with E-state index >= 15 is 0 Å². The molecule has 3 aromatic carbocycles. The Balaban J connectivity index is 2.11. The van der Waals surface area contributed by atoms with E-state index in [4.69, 9.17) is 9.29 Å². The molecule has 0 aliphatic rings. The van der Waals surface area contributed by atoms with Gasteiger partial charge in [-0.05, 0) is 36.4 Å². The lowest BCUT2D eigenvalue weighted by atomic mass is 10.1. The molecule has 0 aliphatic heterocycles. The zero-order valence-corrected chi connectivity index (χ0v) is 14.3. The van der Waals surface area contributed by atoms with Crippen molar-refractivity contribution >= 4 is 32.3 Å². The van der Waals surface area contributed by atoms with Crippen molar-refractivity contribution in [2.45, 2.75) is 4.90 Å². The first kappa shape index (κ1) is 17.6. The summed E-state index contributed by atoms with van der Waals surface area (Å²) in [5.41, 5.74) is 0.552. The van der Waals surface area contributed by atoms with Gasteiger partial charge in [0.05, 0.1) is 17.7 Å². The van der Waals surface area contributed by atoms with Crippen LogP contribution in [-0.4, -0.2) is 30.3 Å². The van der Waals surface area contributed by atoms with Gasteiger partial charge in [-0.1, -0.05) is 6.07 Å². The Morgan fingerprint density at radius 1 is 0.885 bits per heavy atom. The van der Waals surface area contributed by atoms with E-state index in [0.29, 0.717) is 11.4 Å². The van der Waals surface area contributed by atoms with Gasteiger partial charge in [-0.3, -0.25) is 4.55 Å². The maximum absolute atomic E-state index is 11.3. The molecular weight excluding hydrogens is 360 g/mol. The van der Waals surface area contributed by atoms with Crippen molar-refractivity contribution in [1.82, 2.24) is 0 Å². The van der Waals surface area contributed by atoms with Gasteiger partial charge in [0.1, 0.15) is 22.9 Å². The van der Waals surface area contributed by atoms with Gasteiger partial charge in [0, 0.05) is 16.8 Å². The van der Waals surface area contributed by atoms with Gasteiger partial charge in [0.25, 0.3) is 10.1 Å². The Morgan fingerprint density at radius 3 is 2.19 bits per heavy atom. The van der Waals surface area contributed by atoms with E-state index in [1.807, 2.05) is 0 Å². The number of azo groups is 1. The van der Waals surface area contributed by atoms with Crippen molar-refractivity contribution in [3.63, 3.8) is 0 Å². The van der Waals surface area contributed by atoms with Gasteiger partial charge in [-0.15, -0.1) is 5.11 Å². The van der Waals surface area contributed by atoms with E-state index in [9.17, 15) is 18.6 Å². The number of nitrogens with zero attached hydrogens (tertiary/aromatic N) is 2. The Kier molecular flexibility index (Phi) is 4.49. The van der Waals surface area contributed by atoms with Crippen LogP contribution in [-0.2, 0) is 10.1 Å². The lowest BCUT2D eigenvalue weighted by Gasteiger charge is -2.08. The lowest BCUT2D eigenvalue weighted by Crippen LogP contribution is -1.97. The average Bonchev–Trinajstić information content (AvgIpc) is 2.61. The quantitative estimate of drug-likeness (QED) is 0.469. The number of methoxy groups -OCH3 is 1. The molecule has 3 N–H and O–H groups in total. The molecule has 9 heteroatoms. The second-order valence-electron chi connectivity index (χ2n) is 5.34. The zero-order valence-electron chi connectivity index (χ0n) is 13.5. The molecule has 3 rings (SSSR count). The van der Waals surface area contributed by atoms with Crippen molar-refractivity contribution in [2.75, 3.05) is 7.11 Å². The van der Waals surface area contributed by atoms with Crippen LogP contribution in [0.4, 0.5) is 11.4 Å². The number of aromatic hydroxyl groups is 2. The topological polar surface area (TPSA) is 129 Å². The molecule has 3 aromatic rings. The van der Waals surface area contributed by atoms with E-state index in [1.54, 1.807) is 24.3 Å². The number of fused-ring (bicyclic) bond motifs is 1. The lowest BCUT2D eigenvalue weighted by molar-refractivity contribution is 0.415. The van der Waals surface area contributed by atoms with Crippen LogP contribution < -0.4 is 4.74 Å². The molecule has 0 aliphatic carbocycles. The van der Waals surface area contributed by atoms with Crippen LogP contribution in [0.15, 0.2) is 63.7 Å². The molecule has 0 aromatic heterocycles. The van der Waals surface area contributed by atoms with Crippen molar-refractivity contribution in [2.24, 2.45) is 10.2 Å². The molecule has 0 atom stereocenters. The summed E-state index contributed by atoms with van der Waals surface area (Å²) in [6, 6.07) is 11.3. The summed E-state index contributed by atoms with van der Waals surface area (Å²) in [6.45, 7) is 0. The Hall–Kier alpha value is -3.17. The monoisotopic (exact) mass is 374 g/mol. The highest BCUT2D eigenvalue weighted by atomic mass is 32.2. The van der Waals surface area contributed by atoms with Crippen molar-refractivity contribution < 1.29 is 27.9 Å². The van der Waals surface area contributed by atoms with Crippen LogP contribution in [0.2, 0.25) is 0 Å². The summed E-state index contributed by atoms with van der Waals surface area (Å²) in [4.78, 5) is -0.385. The van der Waals surface area contributed by atoms with E-state index in [0.717, 1.165) is 18.2 Å². The predicted molar refractivity (Wildman–Crippen MR) is 94.3 cm³/mol. The standard InChI is InChI=1S/C17H14N2O6S/c1-25-11-4-2-10(3-5-11)18-19-17-13-7-6-12(26(22,23)24)8-14(13)15(20)9-16(17)21/h2-9,20-21H,1H3,(H,22,23,24). The van der Waals surface area contributed by atoms with Crippen LogP contribution in [0, 0.1) is 0 Å². The molecule has 26 heavy (non-hydrogen) atoms. The zero-order chi connectivity index (χ0) is 18.9. The summed E-state index contributed by atoms with van der Waals surface area (Å²) < 4.78 is 36.7. The minimum absolute atomic E-state index is 0.0514. The molecule has 0 bridgehead atoms.